The summed E-state index contributed by atoms with van der Waals surface area (Å²) in [7, 11) is 1.71. The van der Waals surface area contributed by atoms with Crippen molar-refractivity contribution in [1.29, 1.82) is 0 Å². The summed E-state index contributed by atoms with van der Waals surface area (Å²) < 4.78 is 7.25. The average Bonchev–Trinajstić information content (AvgIpc) is 3.26. The maximum absolute atomic E-state index is 13.2. The topological polar surface area (TPSA) is 51.5 Å². The van der Waals surface area contributed by atoms with Crippen molar-refractivity contribution in [2.45, 2.75) is 39.3 Å². The van der Waals surface area contributed by atoms with Crippen LogP contribution in [0.2, 0.25) is 0 Å². The number of nitrogens with zero attached hydrogens (tertiary/aromatic N) is 2. The first-order valence-electron chi connectivity index (χ1n) is 8.56. The molecule has 1 atom stereocenters. The molecule has 1 amide bonds. The van der Waals surface area contributed by atoms with Gasteiger partial charge in [-0.05, 0) is 60.7 Å². The summed E-state index contributed by atoms with van der Waals surface area (Å²) in [5.41, 5.74) is 2.69. The van der Waals surface area contributed by atoms with Gasteiger partial charge in [-0.2, -0.15) is 11.3 Å². The Morgan fingerprint density at radius 1 is 1.44 bits per heavy atom. The fourth-order valence-corrected chi connectivity index (χ4v) is 3.91. The second kappa shape index (κ2) is 7.54. The molecule has 0 aliphatic carbocycles. The Hall–Kier alpha value is -1.92. The fraction of sp³-hybridized carbons (Fsp3) is 0.474. The van der Waals surface area contributed by atoms with Crippen molar-refractivity contribution in [3.63, 3.8) is 0 Å². The van der Waals surface area contributed by atoms with E-state index in [1.54, 1.807) is 23.3 Å². The van der Waals surface area contributed by atoms with Crippen molar-refractivity contribution in [3.05, 3.63) is 55.6 Å². The molecule has 1 aliphatic heterocycles. The van der Waals surface area contributed by atoms with Crippen LogP contribution >= 0.6 is 11.3 Å². The lowest BCUT2D eigenvalue weighted by molar-refractivity contribution is 0.0505. The van der Waals surface area contributed by atoms with Crippen molar-refractivity contribution in [2.75, 3.05) is 13.2 Å². The van der Waals surface area contributed by atoms with Crippen molar-refractivity contribution in [1.82, 2.24) is 9.47 Å². The van der Waals surface area contributed by atoms with E-state index in [1.807, 2.05) is 36.7 Å². The van der Waals surface area contributed by atoms with Crippen LogP contribution < -0.4 is 5.56 Å². The first-order valence-corrected chi connectivity index (χ1v) is 9.51. The third-order valence-electron chi connectivity index (χ3n) is 4.77. The molecule has 25 heavy (non-hydrogen) atoms. The van der Waals surface area contributed by atoms with Gasteiger partial charge in [-0.3, -0.25) is 9.59 Å². The Kier molecular flexibility index (Phi) is 5.39. The minimum absolute atomic E-state index is 0.0530. The fourth-order valence-electron chi connectivity index (χ4n) is 3.25. The lowest BCUT2D eigenvalue weighted by Gasteiger charge is -2.26. The SMILES string of the molecule is Cc1cc(C)n(C)c(=O)c1C(=O)N(Cc1ccsc1)C[C@H]1CCCO1. The number of carbonyl (C=O) groups excluding carboxylic acids is 1. The molecule has 3 heterocycles. The zero-order valence-corrected chi connectivity index (χ0v) is 15.8. The molecule has 2 aromatic rings. The highest BCUT2D eigenvalue weighted by molar-refractivity contribution is 7.07. The maximum Gasteiger partial charge on any atom is 0.263 e. The number of hydrogen-bond donors (Lipinski definition) is 0. The standard InChI is InChI=1S/C19H24N2O3S/c1-13-9-14(2)20(3)18(22)17(13)19(23)21(10-15-6-8-25-12-15)11-16-5-4-7-24-16/h6,8-9,12,16H,4-5,7,10-11H2,1-3H3/t16-/m1/s1. The number of pyridine rings is 1. The van der Waals surface area contributed by atoms with Gasteiger partial charge in [-0.15, -0.1) is 0 Å². The Morgan fingerprint density at radius 2 is 2.24 bits per heavy atom. The highest BCUT2D eigenvalue weighted by Gasteiger charge is 2.27. The number of aromatic nitrogens is 1. The Morgan fingerprint density at radius 3 is 2.88 bits per heavy atom. The zero-order chi connectivity index (χ0) is 18.0. The predicted octanol–water partition coefficient (Wildman–Crippen LogP) is 2.89. The average molecular weight is 360 g/mol. The van der Waals surface area contributed by atoms with Crippen LogP contribution in [0.1, 0.15) is 40.0 Å². The largest absolute Gasteiger partial charge is 0.376 e. The van der Waals surface area contributed by atoms with Gasteiger partial charge < -0.3 is 14.2 Å². The molecular formula is C19H24N2O3S. The van der Waals surface area contributed by atoms with E-state index in [-0.39, 0.29) is 23.1 Å². The number of amides is 1. The van der Waals surface area contributed by atoms with E-state index in [1.165, 1.54) is 4.57 Å². The molecule has 1 aliphatic rings. The van der Waals surface area contributed by atoms with E-state index in [0.717, 1.165) is 36.3 Å². The minimum atomic E-state index is -0.231. The minimum Gasteiger partial charge on any atom is -0.376 e. The Bertz CT molecular complexity index is 805. The van der Waals surface area contributed by atoms with E-state index in [4.69, 9.17) is 4.74 Å². The van der Waals surface area contributed by atoms with Crippen LogP contribution in [0, 0.1) is 13.8 Å². The van der Waals surface area contributed by atoms with Gasteiger partial charge >= 0.3 is 0 Å². The van der Waals surface area contributed by atoms with Crippen LogP contribution in [-0.4, -0.2) is 34.6 Å². The molecule has 0 spiro atoms. The number of carbonyl (C=O) groups is 1. The Labute approximate surface area is 151 Å². The van der Waals surface area contributed by atoms with Crippen molar-refractivity contribution < 1.29 is 9.53 Å². The summed E-state index contributed by atoms with van der Waals surface area (Å²) in [5.74, 6) is -0.209. The third kappa shape index (κ3) is 3.85. The van der Waals surface area contributed by atoms with Crippen LogP contribution in [0.3, 0.4) is 0 Å². The van der Waals surface area contributed by atoms with E-state index in [9.17, 15) is 9.59 Å². The van der Waals surface area contributed by atoms with Gasteiger partial charge in [-0.25, -0.2) is 0 Å². The molecule has 0 unspecified atom stereocenters. The van der Waals surface area contributed by atoms with E-state index < -0.39 is 0 Å². The van der Waals surface area contributed by atoms with Crippen LogP contribution in [0.5, 0.6) is 0 Å². The highest BCUT2D eigenvalue weighted by atomic mass is 32.1. The first-order chi connectivity index (χ1) is 12.0. The third-order valence-corrected chi connectivity index (χ3v) is 5.50. The van der Waals surface area contributed by atoms with Gasteiger partial charge in [-0.1, -0.05) is 0 Å². The van der Waals surface area contributed by atoms with Gasteiger partial charge in [0.25, 0.3) is 11.5 Å². The molecule has 0 N–H and O–H groups in total. The second-order valence-corrected chi connectivity index (χ2v) is 7.44. The smallest absolute Gasteiger partial charge is 0.263 e. The maximum atomic E-state index is 13.2. The molecule has 0 radical (unpaired) electrons. The molecule has 5 nitrogen and oxygen atoms in total. The number of thiophene rings is 1. The number of rotatable bonds is 5. The molecule has 0 saturated carbocycles. The lowest BCUT2D eigenvalue weighted by Crippen LogP contribution is -2.41. The molecule has 1 fully saturated rings. The number of aryl methyl sites for hydroxylation is 2. The molecule has 1 saturated heterocycles. The van der Waals surface area contributed by atoms with Crippen LogP contribution in [0.25, 0.3) is 0 Å². The Balaban J connectivity index is 1.93. The van der Waals surface area contributed by atoms with Crippen molar-refractivity contribution in [2.24, 2.45) is 7.05 Å². The van der Waals surface area contributed by atoms with E-state index in [2.05, 4.69) is 0 Å². The lowest BCUT2D eigenvalue weighted by atomic mass is 10.1. The summed E-state index contributed by atoms with van der Waals surface area (Å²) in [4.78, 5) is 27.7. The van der Waals surface area contributed by atoms with E-state index >= 15 is 0 Å². The van der Waals surface area contributed by atoms with Gasteiger partial charge in [0, 0.05) is 32.4 Å². The molecule has 2 aromatic heterocycles. The van der Waals surface area contributed by atoms with Gasteiger partial charge in [0.15, 0.2) is 0 Å². The summed E-state index contributed by atoms with van der Waals surface area (Å²) in [6, 6.07) is 3.91. The predicted molar refractivity (Wildman–Crippen MR) is 99.2 cm³/mol. The number of ether oxygens (including phenoxy) is 1. The number of hydrogen-bond acceptors (Lipinski definition) is 4. The molecular weight excluding hydrogens is 336 g/mol. The first kappa shape index (κ1) is 17.9. The summed E-state index contributed by atoms with van der Waals surface area (Å²) in [6.07, 6.45) is 2.03. The normalized spacial score (nSPS) is 17.0. The van der Waals surface area contributed by atoms with Crippen LogP contribution in [-0.2, 0) is 18.3 Å². The van der Waals surface area contributed by atoms with Crippen LogP contribution in [0.15, 0.2) is 27.7 Å². The zero-order valence-electron chi connectivity index (χ0n) is 14.9. The summed E-state index contributed by atoms with van der Waals surface area (Å²) in [5, 5.41) is 4.04. The molecule has 134 valence electrons. The summed E-state index contributed by atoms with van der Waals surface area (Å²) >= 11 is 1.61. The summed E-state index contributed by atoms with van der Waals surface area (Å²) in [6.45, 7) is 5.47. The van der Waals surface area contributed by atoms with Gasteiger partial charge in [0.05, 0.1) is 6.10 Å². The molecule has 6 heteroatoms. The molecule has 0 aromatic carbocycles. The van der Waals surface area contributed by atoms with Gasteiger partial charge in [0.2, 0.25) is 0 Å². The van der Waals surface area contributed by atoms with Crippen molar-refractivity contribution in [3.8, 4) is 0 Å². The molecule has 3 rings (SSSR count). The monoisotopic (exact) mass is 360 g/mol. The van der Waals surface area contributed by atoms with E-state index in [0.29, 0.717) is 13.1 Å². The quantitative estimate of drug-likeness (QED) is 0.824. The van der Waals surface area contributed by atoms with Crippen LogP contribution in [0.4, 0.5) is 0 Å². The second-order valence-electron chi connectivity index (χ2n) is 6.66. The van der Waals surface area contributed by atoms with Gasteiger partial charge in [0.1, 0.15) is 5.56 Å². The van der Waals surface area contributed by atoms with Crippen molar-refractivity contribution >= 4 is 17.2 Å². The highest BCUT2D eigenvalue weighted by Crippen LogP contribution is 2.19. The molecule has 0 bridgehead atoms.